The van der Waals surface area contributed by atoms with Gasteiger partial charge in [0.25, 0.3) is 0 Å². The van der Waals surface area contributed by atoms with Crippen molar-refractivity contribution in [3.8, 4) is 66.8 Å². The highest BCUT2D eigenvalue weighted by atomic mass is 15.1. The fraction of sp³-hybridized carbons (Fsp3) is 0.0323. The summed E-state index contributed by atoms with van der Waals surface area (Å²) in [7, 11) is 0. The van der Waals surface area contributed by atoms with E-state index in [1.807, 2.05) is 0 Å². The van der Waals surface area contributed by atoms with Crippen molar-refractivity contribution in [2.45, 2.75) is 10.8 Å². The lowest BCUT2D eigenvalue weighted by Crippen LogP contribution is -2.26. The van der Waals surface area contributed by atoms with Gasteiger partial charge in [0.05, 0.1) is 10.8 Å². The molecule has 63 heavy (non-hydrogen) atoms. The number of rotatable bonds is 4. The fourth-order valence-corrected chi connectivity index (χ4v) is 13.0. The van der Waals surface area contributed by atoms with Gasteiger partial charge in [0.2, 0.25) is 0 Å². The molecular formula is C62H37N. The molecule has 1 atom stereocenters. The Bertz CT molecular complexity index is 3430. The number of nitrogens with zero attached hydrogens (tertiary/aromatic N) is 1. The Hall–Kier alpha value is -8.00. The highest BCUT2D eigenvalue weighted by Crippen LogP contribution is 2.70. The molecule has 2 spiro atoms. The summed E-state index contributed by atoms with van der Waals surface area (Å²) >= 11 is 0. The monoisotopic (exact) mass is 795 g/mol. The molecular weight excluding hydrogens is 759 g/mol. The molecule has 1 unspecified atom stereocenters. The zero-order chi connectivity index (χ0) is 41.0. The number of hydrogen-bond donors (Lipinski definition) is 0. The van der Waals surface area contributed by atoms with E-state index in [1.54, 1.807) is 0 Å². The van der Waals surface area contributed by atoms with E-state index in [2.05, 4.69) is 229 Å². The van der Waals surface area contributed by atoms with Crippen molar-refractivity contribution in [1.82, 2.24) is 0 Å². The minimum Gasteiger partial charge on any atom is -0.310 e. The molecule has 10 aromatic rings. The second kappa shape index (κ2) is 11.9. The molecule has 290 valence electrons. The minimum absolute atomic E-state index is 0.371. The van der Waals surface area contributed by atoms with Gasteiger partial charge in [-0.2, -0.15) is 0 Å². The van der Waals surface area contributed by atoms with Gasteiger partial charge >= 0.3 is 0 Å². The van der Waals surface area contributed by atoms with Crippen LogP contribution in [0.4, 0.5) is 17.1 Å². The van der Waals surface area contributed by atoms with Crippen LogP contribution >= 0.6 is 0 Å². The van der Waals surface area contributed by atoms with Gasteiger partial charge in [-0.25, -0.2) is 0 Å². The molecule has 5 aliphatic rings. The number of hydrogen-bond acceptors (Lipinski definition) is 1. The summed E-state index contributed by atoms with van der Waals surface area (Å²) in [4.78, 5) is 2.52. The molecule has 0 bridgehead atoms. The van der Waals surface area contributed by atoms with Crippen LogP contribution in [0.1, 0.15) is 44.5 Å². The Morgan fingerprint density at radius 2 is 0.556 bits per heavy atom. The van der Waals surface area contributed by atoms with E-state index < -0.39 is 5.41 Å². The molecule has 5 aliphatic carbocycles. The SMILES string of the molecule is c1ccc(-c2ccc(N(c3ccc4c(c3)C3(c5ccccc5-c5ccccc53)c3ccccc3-4)c3ccc4c(c3)C35c6ccccc6-c6cccc(c63)-c3cccc-4c35)cc2)cc1. The van der Waals surface area contributed by atoms with Gasteiger partial charge in [-0.05, 0) is 148 Å². The van der Waals surface area contributed by atoms with Gasteiger partial charge in [0.15, 0.2) is 0 Å². The lowest BCUT2D eigenvalue weighted by molar-refractivity contribution is 0.793. The Labute approximate surface area is 366 Å². The highest BCUT2D eigenvalue weighted by molar-refractivity contribution is 6.07. The predicted octanol–water partition coefficient (Wildman–Crippen LogP) is 15.5. The summed E-state index contributed by atoms with van der Waals surface area (Å²) in [6, 6.07) is 84.9. The van der Waals surface area contributed by atoms with Crippen molar-refractivity contribution in [2.75, 3.05) is 4.90 Å². The van der Waals surface area contributed by atoms with Crippen LogP contribution in [0.5, 0.6) is 0 Å². The first kappa shape index (κ1) is 33.7. The minimum atomic E-state index is -0.440. The van der Waals surface area contributed by atoms with Crippen LogP contribution < -0.4 is 4.90 Å². The average Bonchev–Trinajstić information content (AvgIpc) is 4.10. The van der Waals surface area contributed by atoms with E-state index in [1.165, 1.54) is 111 Å². The summed E-state index contributed by atoms with van der Waals surface area (Å²) in [5.74, 6) is 0. The lowest BCUT2D eigenvalue weighted by atomic mass is 9.70. The second-order valence-corrected chi connectivity index (χ2v) is 17.8. The quantitative estimate of drug-likeness (QED) is 0.171. The van der Waals surface area contributed by atoms with E-state index in [0.29, 0.717) is 0 Å². The van der Waals surface area contributed by atoms with E-state index in [9.17, 15) is 0 Å². The smallest absolute Gasteiger partial charge is 0.0738 e. The molecule has 0 saturated carbocycles. The number of anilines is 3. The molecule has 0 fully saturated rings. The summed E-state index contributed by atoms with van der Waals surface area (Å²) in [5.41, 5.74) is 29.4. The van der Waals surface area contributed by atoms with Crippen LogP contribution in [0, 0.1) is 0 Å². The van der Waals surface area contributed by atoms with Crippen molar-refractivity contribution < 1.29 is 0 Å². The fourth-order valence-electron chi connectivity index (χ4n) is 13.0. The molecule has 0 radical (unpaired) electrons. The van der Waals surface area contributed by atoms with Crippen LogP contribution in [-0.2, 0) is 10.8 Å². The Morgan fingerprint density at radius 3 is 1.06 bits per heavy atom. The molecule has 10 aromatic carbocycles. The van der Waals surface area contributed by atoms with Gasteiger partial charge < -0.3 is 4.90 Å². The van der Waals surface area contributed by atoms with E-state index in [0.717, 1.165) is 17.1 Å². The molecule has 15 rings (SSSR count). The summed E-state index contributed by atoms with van der Waals surface area (Å²) < 4.78 is 0. The zero-order valence-corrected chi connectivity index (χ0v) is 34.3. The van der Waals surface area contributed by atoms with Gasteiger partial charge in [0, 0.05) is 17.1 Å². The normalized spacial score (nSPS) is 16.1. The van der Waals surface area contributed by atoms with Crippen LogP contribution in [0.25, 0.3) is 66.8 Å². The largest absolute Gasteiger partial charge is 0.310 e. The van der Waals surface area contributed by atoms with Crippen LogP contribution in [0.3, 0.4) is 0 Å². The lowest BCUT2D eigenvalue weighted by Gasteiger charge is -2.33. The third-order valence-corrected chi connectivity index (χ3v) is 15.2. The standard InChI is InChI=1S/C62H37N/c1-2-14-38(15-3-1)39-28-30-40(31-29-39)63(41-32-34-47-45-18-6-10-26-55(45)61(57(47)36-41)53-24-8-4-16-43(53)44-17-5-9-25-54(44)61)42-33-35-48-50-21-13-23-52-51-22-12-20-49-46-19-7-11-27-56(46)62(59(49)51,60(50)52)58(48)37-42/h1-37H. The topological polar surface area (TPSA) is 3.24 Å². The predicted molar refractivity (Wildman–Crippen MR) is 258 cm³/mol. The van der Waals surface area contributed by atoms with Crippen molar-refractivity contribution in [1.29, 1.82) is 0 Å². The van der Waals surface area contributed by atoms with Crippen molar-refractivity contribution in [3.63, 3.8) is 0 Å². The first-order chi connectivity index (χ1) is 31.3. The highest BCUT2D eigenvalue weighted by Gasteiger charge is 2.57. The maximum Gasteiger partial charge on any atom is 0.0738 e. The second-order valence-electron chi connectivity index (χ2n) is 17.8. The molecule has 0 aliphatic heterocycles. The first-order valence-corrected chi connectivity index (χ1v) is 22.2. The van der Waals surface area contributed by atoms with Gasteiger partial charge in [0.1, 0.15) is 0 Å². The molecule has 0 saturated heterocycles. The van der Waals surface area contributed by atoms with Crippen molar-refractivity contribution >= 4 is 17.1 Å². The third kappa shape index (κ3) is 3.96. The first-order valence-electron chi connectivity index (χ1n) is 22.2. The Kier molecular flexibility index (Phi) is 6.35. The van der Waals surface area contributed by atoms with Crippen LogP contribution in [0.2, 0.25) is 0 Å². The van der Waals surface area contributed by atoms with Crippen molar-refractivity contribution in [2.24, 2.45) is 0 Å². The average molecular weight is 796 g/mol. The van der Waals surface area contributed by atoms with Crippen molar-refractivity contribution in [3.05, 3.63) is 269 Å². The van der Waals surface area contributed by atoms with E-state index in [4.69, 9.17) is 0 Å². The van der Waals surface area contributed by atoms with E-state index in [-0.39, 0.29) is 5.41 Å². The molecule has 0 aromatic heterocycles. The van der Waals surface area contributed by atoms with Gasteiger partial charge in [-0.15, -0.1) is 0 Å². The van der Waals surface area contributed by atoms with Gasteiger partial charge in [-0.3, -0.25) is 0 Å². The van der Waals surface area contributed by atoms with Crippen LogP contribution in [0.15, 0.2) is 224 Å². The summed E-state index contributed by atoms with van der Waals surface area (Å²) in [6.07, 6.45) is 0. The Morgan fingerprint density at radius 1 is 0.222 bits per heavy atom. The third-order valence-electron chi connectivity index (χ3n) is 15.2. The van der Waals surface area contributed by atoms with Gasteiger partial charge in [-0.1, -0.05) is 188 Å². The molecule has 1 heteroatoms. The van der Waals surface area contributed by atoms with Crippen LogP contribution in [-0.4, -0.2) is 0 Å². The maximum atomic E-state index is 2.54. The maximum absolute atomic E-state index is 2.54. The molecule has 0 N–H and O–H groups in total. The zero-order valence-electron chi connectivity index (χ0n) is 34.3. The molecule has 0 amide bonds. The van der Waals surface area contributed by atoms with E-state index >= 15 is 0 Å². The molecule has 1 nitrogen and oxygen atoms in total. The molecule has 0 heterocycles. The number of fused-ring (bicyclic) bond motifs is 15. The Balaban J connectivity index is 0.997. The summed E-state index contributed by atoms with van der Waals surface area (Å²) in [6.45, 7) is 0. The summed E-state index contributed by atoms with van der Waals surface area (Å²) in [5, 5.41) is 0. The number of benzene rings is 10.